The predicted molar refractivity (Wildman–Crippen MR) is 74.1 cm³/mol. The third-order valence-corrected chi connectivity index (χ3v) is 3.86. The van der Waals surface area contributed by atoms with Crippen LogP contribution in [0.15, 0.2) is 15.2 Å². The van der Waals surface area contributed by atoms with Gasteiger partial charge in [-0.1, -0.05) is 0 Å². The Morgan fingerprint density at radius 3 is 2.88 bits per heavy atom. The Balaban J connectivity index is 2.16. The highest BCUT2D eigenvalue weighted by Gasteiger charge is 2.02. The number of unbranched alkanes of at least 4 members (excludes halogenated alkanes) is 1. The Morgan fingerprint density at radius 1 is 1.56 bits per heavy atom. The van der Waals surface area contributed by atoms with Crippen molar-refractivity contribution in [2.75, 3.05) is 13.6 Å². The molecule has 0 unspecified atom stereocenters. The van der Waals surface area contributed by atoms with Crippen LogP contribution >= 0.6 is 27.3 Å². The van der Waals surface area contributed by atoms with E-state index in [-0.39, 0.29) is 0 Å². The van der Waals surface area contributed by atoms with Crippen LogP contribution in [-0.2, 0) is 6.54 Å². The molecule has 16 heavy (non-hydrogen) atoms. The molecule has 0 bridgehead atoms. The molecule has 0 aromatic carbocycles. The van der Waals surface area contributed by atoms with E-state index in [1.54, 1.807) is 11.3 Å². The van der Waals surface area contributed by atoms with Crippen molar-refractivity contribution in [1.29, 1.82) is 5.41 Å². The monoisotopic (exact) mass is 303 g/mol. The molecule has 0 saturated carbocycles. The smallest absolute Gasteiger partial charge is 0.0905 e. The number of halogens is 1. The Kier molecular flexibility index (Phi) is 6.01. The van der Waals surface area contributed by atoms with Gasteiger partial charge < -0.3 is 10.6 Å². The number of nitrogens with zero attached hydrogens (tertiary/aromatic N) is 1. The van der Waals surface area contributed by atoms with E-state index in [9.17, 15) is 0 Å². The van der Waals surface area contributed by atoms with Crippen LogP contribution in [0.2, 0.25) is 0 Å². The van der Waals surface area contributed by atoms with Crippen LogP contribution in [0.25, 0.3) is 0 Å². The van der Waals surface area contributed by atoms with Crippen LogP contribution in [0.3, 0.4) is 0 Å². The Morgan fingerprint density at radius 2 is 2.31 bits per heavy atom. The Hall–Kier alpha value is -0.390. The highest BCUT2D eigenvalue weighted by molar-refractivity contribution is 9.11. The molecule has 90 valence electrons. The first-order chi connectivity index (χ1) is 7.58. The third kappa shape index (κ3) is 5.63. The van der Waals surface area contributed by atoms with Crippen LogP contribution < -0.4 is 5.73 Å². The van der Waals surface area contributed by atoms with Gasteiger partial charge in [-0.05, 0) is 59.4 Å². The summed E-state index contributed by atoms with van der Waals surface area (Å²) in [6.45, 7) is 2.04. The molecule has 1 aromatic rings. The molecule has 5 heteroatoms. The molecule has 3 N–H and O–H groups in total. The lowest BCUT2D eigenvalue weighted by molar-refractivity contribution is 0.320. The van der Waals surface area contributed by atoms with Gasteiger partial charge in [0, 0.05) is 13.0 Å². The SMILES string of the molecule is CN(CCCCC(=N)N)Cc1csc(Br)c1. The van der Waals surface area contributed by atoms with E-state index in [2.05, 4.69) is 39.3 Å². The van der Waals surface area contributed by atoms with Gasteiger partial charge >= 0.3 is 0 Å². The molecule has 0 aliphatic rings. The lowest BCUT2D eigenvalue weighted by atomic mass is 10.2. The van der Waals surface area contributed by atoms with E-state index >= 15 is 0 Å². The van der Waals surface area contributed by atoms with Gasteiger partial charge in [-0.15, -0.1) is 11.3 Å². The summed E-state index contributed by atoms with van der Waals surface area (Å²) in [4.78, 5) is 2.30. The van der Waals surface area contributed by atoms with Crippen molar-refractivity contribution in [1.82, 2.24) is 4.90 Å². The van der Waals surface area contributed by atoms with E-state index in [0.29, 0.717) is 5.84 Å². The first kappa shape index (κ1) is 13.7. The second-order valence-corrected chi connectivity index (χ2v) is 6.27. The molecule has 1 heterocycles. The minimum Gasteiger partial charge on any atom is -0.388 e. The van der Waals surface area contributed by atoms with Crippen molar-refractivity contribution in [3.63, 3.8) is 0 Å². The molecular weight excluding hydrogens is 286 g/mol. The predicted octanol–water partition coefficient (Wildman–Crippen LogP) is 3.05. The van der Waals surface area contributed by atoms with E-state index in [1.807, 2.05) is 0 Å². The maximum atomic E-state index is 7.12. The number of rotatable bonds is 7. The molecule has 1 aromatic heterocycles. The molecule has 0 amide bonds. The zero-order valence-corrected chi connectivity index (χ0v) is 11.9. The molecule has 0 aliphatic heterocycles. The topological polar surface area (TPSA) is 53.1 Å². The minimum atomic E-state index is 0.296. The summed E-state index contributed by atoms with van der Waals surface area (Å²) >= 11 is 5.19. The fourth-order valence-corrected chi connectivity index (χ4v) is 2.72. The minimum absolute atomic E-state index is 0.296. The van der Waals surface area contributed by atoms with Crippen molar-refractivity contribution >= 4 is 33.1 Å². The van der Waals surface area contributed by atoms with E-state index < -0.39 is 0 Å². The molecule has 0 fully saturated rings. The van der Waals surface area contributed by atoms with Crippen molar-refractivity contribution in [2.24, 2.45) is 5.73 Å². The van der Waals surface area contributed by atoms with Gasteiger partial charge in [-0.3, -0.25) is 5.41 Å². The standard InChI is InChI=1S/C11H18BrN3S/c1-15(5-3-2-4-11(13)14)7-9-6-10(12)16-8-9/h6,8H,2-5,7H2,1H3,(H3,13,14). The quantitative estimate of drug-likeness (QED) is 0.462. The van der Waals surface area contributed by atoms with Crippen LogP contribution in [-0.4, -0.2) is 24.3 Å². The van der Waals surface area contributed by atoms with Gasteiger partial charge in [0.1, 0.15) is 0 Å². The molecule has 3 nitrogen and oxygen atoms in total. The Labute approximate surface area is 109 Å². The summed E-state index contributed by atoms with van der Waals surface area (Å²) in [7, 11) is 2.12. The second kappa shape index (κ2) is 7.04. The summed E-state index contributed by atoms with van der Waals surface area (Å²) in [6.07, 6.45) is 2.83. The first-order valence-electron chi connectivity index (χ1n) is 5.32. The highest BCUT2D eigenvalue weighted by atomic mass is 79.9. The van der Waals surface area contributed by atoms with Gasteiger partial charge in [0.05, 0.1) is 9.62 Å². The van der Waals surface area contributed by atoms with Crippen molar-refractivity contribution < 1.29 is 0 Å². The summed E-state index contributed by atoms with van der Waals surface area (Å²) in [5, 5.41) is 9.30. The van der Waals surface area contributed by atoms with E-state index in [4.69, 9.17) is 11.1 Å². The molecule has 0 spiro atoms. The summed E-state index contributed by atoms with van der Waals surface area (Å²) in [5.74, 6) is 0.296. The number of nitrogens with one attached hydrogen (secondary N) is 1. The van der Waals surface area contributed by atoms with Crippen LogP contribution in [0.4, 0.5) is 0 Å². The van der Waals surface area contributed by atoms with Gasteiger partial charge in [0.2, 0.25) is 0 Å². The van der Waals surface area contributed by atoms with E-state index in [0.717, 1.165) is 32.4 Å². The van der Waals surface area contributed by atoms with Gasteiger partial charge in [-0.2, -0.15) is 0 Å². The summed E-state index contributed by atoms with van der Waals surface area (Å²) in [5.41, 5.74) is 6.65. The third-order valence-electron chi connectivity index (χ3n) is 2.31. The van der Waals surface area contributed by atoms with Crippen molar-refractivity contribution in [3.8, 4) is 0 Å². The largest absolute Gasteiger partial charge is 0.388 e. The normalized spacial score (nSPS) is 10.9. The zero-order valence-electron chi connectivity index (χ0n) is 9.50. The Bertz CT molecular complexity index is 338. The average Bonchev–Trinajstić information content (AvgIpc) is 2.58. The van der Waals surface area contributed by atoms with Gasteiger partial charge in [0.25, 0.3) is 0 Å². The van der Waals surface area contributed by atoms with Gasteiger partial charge in [0.15, 0.2) is 0 Å². The lowest BCUT2D eigenvalue weighted by Crippen LogP contribution is -2.19. The summed E-state index contributed by atoms with van der Waals surface area (Å²) in [6, 6.07) is 2.16. The maximum absolute atomic E-state index is 7.12. The first-order valence-corrected chi connectivity index (χ1v) is 6.99. The fourth-order valence-electron chi connectivity index (χ4n) is 1.52. The maximum Gasteiger partial charge on any atom is 0.0905 e. The molecule has 0 aliphatic carbocycles. The molecule has 0 atom stereocenters. The van der Waals surface area contributed by atoms with Crippen LogP contribution in [0.5, 0.6) is 0 Å². The number of hydrogen-bond donors (Lipinski definition) is 2. The molecule has 0 radical (unpaired) electrons. The second-order valence-electron chi connectivity index (χ2n) is 3.98. The molecular formula is C11H18BrN3S. The number of hydrogen-bond acceptors (Lipinski definition) is 3. The number of thiophene rings is 1. The highest BCUT2D eigenvalue weighted by Crippen LogP contribution is 2.21. The van der Waals surface area contributed by atoms with Crippen molar-refractivity contribution in [3.05, 3.63) is 20.8 Å². The lowest BCUT2D eigenvalue weighted by Gasteiger charge is -2.15. The molecule has 1 rings (SSSR count). The fraction of sp³-hybridized carbons (Fsp3) is 0.545. The summed E-state index contributed by atoms with van der Waals surface area (Å²) < 4.78 is 1.19. The number of nitrogens with two attached hydrogens (primary N) is 1. The van der Waals surface area contributed by atoms with Gasteiger partial charge in [-0.25, -0.2) is 0 Å². The number of amidine groups is 1. The van der Waals surface area contributed by atoms with E-state index in [1.165, 1.54) is 9.35 Å². The van der Waals surface area contributed by atoms with Crippen LogP contribution in [0.1, 0.15) is 24.8 Å². The average molecular weight is 304 g/mol. The molecule has 0 saturated heterocycles. The van der Waals surface area contributed by atoms with Crippen molar-refractivity contribution in [2.45, 2.75) is 25.8 Å². The van der Waals surface area contributed by atoms with Crippen LogP contribution in [0, 0.1) is 5.41 Å². The zero-order chi connectivity index (χ0) is 12.0.